The van der Waals surface area contributed by atoms with Crippen molar-refractivity contribution in [3.63, 3.8) is 0 Å². The average Bonchev–Trinajstić information content (AvgIpc) is 2.76. The zero-order chi connectivity index (χ0) is 23.1. The molecular weight excluding hydrogens is 498 g/mol. The first-order valence-electron chi connectivity index (χ1n) is 9.31. The molecular formula is C23H17BrClN3O4. The molecule has 0 heterocycles. The first kappa shape index (κ1) is 23.2. The summed E-state index contributed by atoms with van der Waals surface area (Å²) in [7, 11) is 0. The Balaban J connectivity index is 1.58. The van der Waals surface area contributed by atoms with Crippen LogP contribution in [0.15, 0.2) is 76.3 Å². The number of carbonyl (C=O) groups is 3. The van der Waals surface area contributed by atoms with Crippen LogP contribution in [0.25, 0.3) is 0 Å². The van der Waals surface area contributed by atoms with Crippen LogP contribution in [0.4, 0.5) is 5.69 Å². The summed E-state index contributed by atoms with van der Waals surface area (Å²) in [5.41, 5.74) is 4.26. The molecule has 2 N–H and O–H groups in total. The summed E-state index contributed by atoms with van der Waals surface area (Å²) >= 11 is 9.35. The van der Waals surface area contributed by atoms with E-state index in [4.69, 9.17) is 16.3 Å². The van der Waals surface area contributed by atoms with Crippen molar-refractivity contribution in [1.29, 1.82) is 0 Å². The average molecular weight is 515 g/mol. The van der Waals surface area contributed by atoms with Gasteiger partial charge in [-0.2, -0.15) is 5.10 Å². The first-order valence-corrected chi connectivity index (χ1v) is 10.5. The first-order chi connectivity index (χ1) is 15.3. The molecule has 0 atom stereocenters. The van der Waals surface area contributed by atoms with Crippen molar-refractivity contribution in [2.45, 2.75) is 6.92 Å². The fraction of sp³-hybridized carbons (Fsp3) is 0.0435. The third-order valence-electron chi connectivity index (χ3n) is 4.19. The number of esters is 1. The lowest BCUT2D eigenvalue weighted by molar-refractivity contribution is -0.136. The maximum Gasteiger partial charge on any atom is 0.345 e. The highest BCUT2D eigenvalue weighted by atomic mass is 79.9. The Morgan fingerprint density at radius 2 is 1.78 bits per heavy atom. The standard InChI is InChI=1S/C23H17BrClN3O4/c1-14-11-16(24)9-10-20(14)27-21(29)22(30)28-26-13-15-5-4-6-17(12-15)32-23(31)18-7-2-3-8-19(18)25/h2-13H,1H3,(H,27,29)(H,28,30)/b26-13+. The second-order valence-electron chi connectivity index (χ2n) is 6.55. The number of nitrogens with zero attached hydrogens (tertiary/aromatic N) is 1. The number of hydrogen-bond acceptors (Lipinski definition) is 5. The van der Waals surface area contributed by atoms with Gasteiger partial charge in [-0.15, -0.1) is 0 Å². The fourth-order valence-electron chi connectivity index (χ4n) is 2.61. The van der Waals surface area contributed by atoms with E-state index in [1.54, 1.807) is 60.7 Å². The molecule has 0 spiro atoms. The summed E-state index contributed by atoms with van der Waals surface area (Å²) in [6.45, 7) is 1.81. The number of anilines is 1. The monoisotopic (exact) mass is 513 g/mol. The molecule has 32 heavy (non-hydrogen) atoms. The van der Waals surface area contributed by atoms with Gasteiger partial charge < -0.3 is 10.1 Å². The van der Waals surface area contributed by atoms with Crippen LogP contribution in [0.2, 0.25) is 5.02 Å². The number of ether oxygens (including phenoxy) is 1. The Hall–Kier alpha value is -3.49. The highest BCUT2D eigenvalue weighted by Gasteiger charge is 2.14. The van der Waals surface area contributed by atoms with Gasteiger partial charge in [-0.25, -0.2) is 10.2 Å². The van der Waals surface area contributed by atoms with E-state index in [0.717, 1.165) is 10.0 Å². The highest BCUT2D eigenvalue weighted by molar-refractivity contribution is 9.10. The van der Waals surface area contributed by atoms with Gasteiger partial charge in [0.25, 0.3) is 0 Å². The number of hydrogen-bond donors (Lipinski definition) is 2. The Bertz CT molecular complexity index is 1210. The minimum Gasteiger partial charge on any atom is -0.423 e. The largest absolute Gasteiger partial charge is 0.423 e. The predicted octanol–water partition coefficient (Wildman–Crippen LogP) is 4.72. The van der Waals surface area contributed by atoms with Crippen LogP contribution >= 0.6 is 27.5 Å². The van der Waals surface area contributed by atoms with Crippen LogP contribution in [0.5, 0.6) is 5.75 Å². The van der Waals surface area contributed by atoms with Gasteiger partial charge in [-0.1, -0.05) is 51.8 Å². The van der Waals surface area contributed by atoms with Crippen molar-refractivity contribution < 1.29 is 19.1 Å². The Morgan fingerprint density at radius 3 is 2.53 bits per heavy atom. The molecule has 0 aromatic heterocycles. The third-order valence-corrected chi connectivity index (χ3v) is 5.01. The van der Waals surface area contributed by atoms with E-state index in [-0.39, 0.29) is 16.3 Å². The molecule has 0 unspecified atom stereocenters. The van der Waals surface area contributed by atoms with Crippen LogP contribution in [0, 0.1) is 6.92 Å². The van der Waals surface area contributed by atoms with E-state index in [1.807, 2.05) is 13.0 Å². The lowest BCUT2D eigenvalue weighted by Gasteiger charge is -2.07. The smallest absolute Gasteiger partial charge is 0.345 e. The molecule has 3 aromatic rings. The second-order valence-corrected chi connectivity index (χ2v) is 7.88. The van der Waals surface area contributed by atoms with Gasteiger partial charge in [0.1, 0.15) is 5.75 Å². The Kier molecular flexibility index (Phi) is 7.75. The van der Waals surface area contributed by atoms with Crippen molar-refractivity contribution in [2.24, 2.45) is 5.10 Å². The van der Waals surface area contributed by atoms with E-state index >= 15 is 0 Å². The normalized spacial score (nSPS) is 10.6. The van der Waals surface area contributed by atoms with Crippen molar-refractivity contribution in [3.8, 4) is 5.75 Å². The number of nitrogens with one attached hydrogen (secondary N) is 2. The van der Waals surface area contributed by atoms with Crippen molar-refractivity contribution in [2.75, 3.05) is 5.32 Å². The Labute approximate surface area is 197 Å². The second kappa shape index (κ2) is 10.7. The zero-order valence-corrected chi connectivity index (χ0v) is 19.1. The molecule has 0 saturated heterocycles. The van der Waals surface area contributed by atoms with Gasteiger partial charge in [-0.3, -0.25) is 9.59 Å². The summed E-state index contributed by atoms with van der Waals surface area (Å²) in [6.07, 6.45) is 1.32. The number of aryl methyl sites for hydroxylation is 1. The van der Waals surface area contributed by atoms with E-state index in [9.17, 15) is 14.4 Å². The SMILES string of the molecule is Cc1cc(Br)ccc1NC(=O)C(=O)N/N=C/c1cccc(OC(=O)c2ccccc2Cl)c1. The molecule has 0 radical (unpaired) electrons. The van der Waals surface area contributed by atoms with Crippen LogP contribution in [-0.4, -0.2) is 24.0 Å². The lowest BCUT2D eigenvalue weighted by Crippen LogP contribution is -2.32. The van der Waals surface area contributed by atoms with Crippen LogP contribution in [0.1, 0.15) is 21.5 Å². The number of rotatable bonds is 5. The van der Waals surface area contributed by atoms with Gasteiger partial charge in [0, 0.05) is 10.2 Å². The maximum atomic E-state index is 12.3. The number of hydrazone groups is 1. The molecule has 0 aliphatic carbocycles. The summed E-state index contributed by atoms with van der Waals surface area (Å²) in [5.74, 6) is -2.11. The molecule has 3 aromatic carbocycles. The topological polar surface area (TPSA) is 96.9 Å². The summed E-state index contributed by atoms with van der Waals surface area (Å²) in [4.78, 5) is 36.3. The van der Waals surface area contributed by atoms with Crippen LogP contribution < -0.4 is 15.5 Å². The molecule has 2 amide bonds. The summed E-state index contributed by atoms with van der Waals surface area (Å²) in [6, 6.07) is 18.3. The minimum atomic E-state index is -0.926. The van der Waals surface area contributed by atoms with Gasteiger partial charge in [0.2, 0.25) is 0 Å². The van der Waals surface area contributed by atoms with E-state index in [0.29, 0.717) is 11.3 Å². The van der Waals surface area contributed by atoms with Crippen molar-refractivity contribution in [1.82, 2.24) is 5.43 Å². The Morgan fingerprint density at radius 1 is 1.00 bits per heavy atom. The molecule has 162 valence electrons. The molecule has 9 heteroatoms. The predicted molar refractivity (Wildman–Crippen MR) is 126 cm³/mol. The number of halogens is 2. The van der Waals surface area contributed by atoms with Gasteiger partial charge in [0.05, 0.1) is 16.8 Å². The quantitative estimate of drug-likeness (QED) is 0.169. The number of carbonyl (C=O) groups excluding carboxylic acids is 3. The molecule has 7 nitrogen and oxygen atoms in total. The zero-order valence-electron chi connectivity index (χ0n) is 16.8. The third kappa shape index (κ3) is 6.26. The highest BCUT2D eigenvalue weighted by Crippen LogP contribution is 2.20. The molecule has 0 bridgehead atoms. The lowest BCUT2D eigenvalue weighted by atomic mass is 10.2. The van der Waals surface area contributed by atoms with Crippen LogP contribution in [0.3, 0.4) is 0 Å². The fourth-order valence-corrected chi connectivity index (χ4v) is 3.30. The van der Waals surface area contributed by atoms with E-state index in [1.165, 1.54) is 6.21 Å². The number of benzene rings is 3. The van der Waals surface area contributed by atoms with Crippen LogP contribution in [-0.2, 0) is 9.59 Å². The maximum absolute atomic E-state index is 12.3. The number of amides is 2. The molecule has 0 saturated carbocycles. The molecule has 0 aliphatic rings. The minimum absolute atomic E-state index is 0.243. The molecule has 0 aliphatic heterocycles. The summed E-state index contributed by atoms with van der Waals surface area (Å²) < 4.78 is 6.20. The van der Waals surface area contributed by atoms with Crippen molar-refractivity contribution >= 4 is 57.2 Å². The van der Waals surface area contributed by atoms with E-state index < -0.39 is 17.8 Å². The summed E-state index contributed by atoms with van der Waals surface area (Å²) in [5, 5.41) is 6.59. The molecule has 0 fully saturated rings. The van der Waals surface area contributed by atoms with E-state index in [2.05, 4.69) is 31.8 Å². The van der Waals surface area contributed by atoms with Gasteiger partial charge in [0.15, 0.2) is 0 Å². The van der Waals surface area contributed by atoms with Crippen molar-refractivity contribution in [3.05, 3.63) is 92.9 Å². The van der Waals surface area contributed by atoms with Gasteiger partial charge >= 0.3 is 17.8 Å². The van der Waals surface area contributed by atoms with Gasteiger partial charge in [-0.05, 0) is 60.5 Å². The molecule has 3 rings (SSSR count).